The Hall–Kier alpha value is -2.02. The highest BCUT2D eigenvalue weighted by Gasteiger charge is 1.99. The first-order valence-electron chi connectivity index (χ1n) is 6.94. The summed E-state index contributed by atoms with van der Waals surface area (Å²) in [6.45, 7) is 9.99. The third-order valence-electron chi connectivity index (χ3n) is 2.26. The predicted octanol–water partition coefficient (Wildman–Crippen LogP) is 1.18. The first-order chi connectivity index (χ1) is 10.2. The van der Waals surface area contributed by atoms with Crippen molar-refractivity contribution >= 4 is 12.2 Å². The van der Waals surface area contributed by atoms with Gasteiger partial charge in [-0.25, -0.2) is 9.59 Å². The maximum absolute atomic E-state index is 11.1. The zero-order chi connectivity index (χ0) is 15.8. The molecule has 0 unspecified atom stereocenters. The molecule has 0 radical (unpaired) electrons. The molecule has 0 aromatic carbocycles. The number of carbonyl (C=O) groups is 2. The first kappa shape index (κ1) is 19.0. The number of carbonyl (C=O) groups excluding carboxylic acids is 2. The maximum atomic E-state index is 11.1. The first-order valence-corrected chi connectivity index (χ1v) is 6.94. The van der Waals surface area contributed by atoms with E-state index in [4.69, 9.17) is 9.47 Å². The van der Waals surface area contributed by atoms with Gasteiger partial charge in [0, 0.05) is 13.1 Å². The minimum atomic E-state index is -0.433. The second-order valence-corrected chi connectivity index (χ2v) is 4.08. The Balaban J connectivity index is 3.22. The smallest absolute Gasteiger partial charge is 0.407 e. The average molecular weight is 299 g/mol. The Labute approximate surface area is 125 Å². The van der Waals surface area contributed by atoms with Gasteiger partial charge in [0.05, 0.1) is 0 Å². The van der Waals surface area contributed by atoms with Gasteiger partial charge in [-0.15, -0.1) is 0 Å². The Kier molecular flexibility index (Phi) is 13.0. The summed E-state index contributed by atoms with van der Waals surface area (Å²) in [5, 5.41) is 8.45. The molecule has 0 saturated heterocycles. The van der Waals surface area contributed by atoms with Crippen LogP contribution in [0.4, 0.5) is 9.59 Å². The lowest BCUT2D eigenvalue weighted by molar-refractivity contribution is 0.157. The van der Waals surface area contributed by atoms with E-state index in [0.29, 0.717) is 13.1 Å². The lowest BCUT2D eigenvalue weighted by Gasteiger charge is -2.07. The van der Waals surface area contributed by atoms with Crippen molar-refractivity contribution in [3.8, 4) is 0 Å². The molecule has 2 amide bonds. The van der Waals surface area contributed by atoms with Crippen LogP contribution in [-0.2, 0) is 9.47 Å². The van der Waals surface area contributed by atoms with Crippen molar-refractivity contribution in [1.29, 1.82) is 0 Å². The van der Waals surface area contributed by atoms with E-state index in [2.05, 4.69) is 29.1 Å². The number of hydrogen-bond acceptors (Lipinski definition) is 5. The van der Waals surface area contributed by atoms with Crippen LogP contribution < -0.4 is 16.0 Å². The topological polar surface area (TPSA) is 88.7 Å². The van der Waals surface area contributed by atoms with Crippen LogP contribution in [-0.4, -0.2) is 51.6 Å². The van der Waals surface area contributed by atoms with E-state index in [0.717, 1.165) is 25.9 Å². The normalized spacial score (nSPS) is 9.52. The summed E-state index contributed by atoms with van der Waals surface area (Å²) in [6.07, 6.45) is 3.77. The van der Waals surface area contributed by atoms with Crippen LogP contribution >= 0.6 is 0 Å². The van der Waals surface area contributed by atoms with Gasteiger partial charge in [0.25, 0.3) is 0 Å². The zero-order valence-corrected chi connectivity index (χ0v) is 12.4. The van der Waals surface area contributed by atoms with E-state index in [1.807, 2.05) is 0 Å². The molecule has 0 bridgehead atoms. The number of nitrogens with one attached hydrogen (secondary N) is 3. The lowest BCUT2D eigenvalue weighted by atomic mass is 10.4. The van der Waals surface area contributed by atoms with Crippen LogP contribution in [0.5, 0.6) is 0 Å². The van der Waals surface area contributed by atoms with Gasteiger partial charge >= 0.3 is 12.2 Å². The van der Waals surface area contributed by atoms with Gasteiger partial charge in [0.1, 0.15) is 13.2 Å². The van der Waals surface area contributed by atoms with Crippen molar-refractivity contribution in [3.63, 3.8) is 0 Å². The number of hydrogen-bond donors (Lipinski definition) is 3. The van der Waals surface area contributed by atoms with Gasteiger partial charge in [-0.1, -0.05) is 25.3 Å². The molecule has 3 N–H and O–H groups in total. The summed E-state index contributed by atoms with van der Waals surface area (Å²) < 4.78 is 9.51. The minimum Gasteiger partial charge on any atom is -0.445 e. The van der Waals surface area contributed by atoms with E-state index in [1.54, 1.807) is 0 Å². The highest BCUT2D eigenvalue weighted by atomic mass is 16.6. The Morgan fingerprint density at radius 1 is 0.810 bits per heavy atom. The van der Waals surface area contributed by atoms with Crippen LogP contribution in [0.2, 0.25) is 0 Å². The molecule has 0 saturated carbocycles. The third kappa shape index (κ3) is 14.2. The zero-order valence-electron chi connectivity index (χ0n) is 12.4. The van der Waals surface area contributed by atoms with E-state index in [1.165, 1.54) is 12.2 Å². The lowest BCUT2D eigenvalue weighted by Crippen LogP contribution is -2.30. The molecular formula is C14H25N3O4. The molecule has 120 valence electrons. The van der Waals surface area contributed by atoms with E-state index in [-0.39, 0.29) is 13.2 Å². The Morgan fingerprint density at radius 2 is 1.24 bits per heavy atom. The molecule has 7 heteroatoms. The Morgan fingerprint density at radius 3 is 1.62 bits per heavy atom. The van der Waals surface area contributed by atoms with Crippen LogP contribution in [0.25, 0.3) is 0 Å². The van der Waals surface area contributed by atoms with Crippen LogP contribution in [0.1, 0.15) is 12.8 Å². The standard InChI is InChI=1S/C14H25N3O4/c1-3-11-20-13(18)16-9-5-7-15-8-6-10-17-14(19)21-12-4-2/h3-4,15H,1-2,5-12H2,(H,16,18)(H,17,19). The second-order valence-electron chi connectivity index (χ2n) is 4.08. The molecule has 0 aromatic rings. The molecule has 0 aliphatic heterocycles. The summed E-state index contributed by atoms with van der Waals surface area (Å²) in [6, 6.07) is 0. The third-order valence-corrected chi connectivity index (χ3v) is 2.26. The summed E-state index contributed by atoms with van der Waals surface area (Å²) in [5.74, 6) is 0. The molecule has 0 aliphatic carbocycles. The van der Waals surface area contributed by atoms with Crippen molar-refractivity contribution in [2.24, 2.45) is 0 Å². The predicted molar refractivity (Wildman–Crippen MR) is 81.2 cm³/mol. The molecule has 0 aromatic heterocycles. The molecule has 21 heavy (non-hydrogen) atoms. The number of alkyl carbamates (subject to hydrolysis) is 2. The SMILES string of the molecule is C=CCOC(=O)NCCCNCCCNC(=O)OCC=C. The van der Waals surface area contributed by atoms with Gasteiger partial charge in [-0.05, 0) is 25.9 Å². The second kappa shape index (κ2) is 14.4. The van der Waals surface area contributed by atoms with Gasteiger partial charge in [-0.2, -0.15) is 0 Å². The van der Waals surface area contributed by atoms with Crippen molar-refractivity contribution in [1.82, 2.24) is 16.0 Å². The van der Waals surface area contributed by atoms with Crippen LogP contribution in [0.15, 0.2) is 25.3 Å². The van der Waals surface area contributed by atoms with Gasteiger partial charge in [-0.3, -0.25) is 0 Å². The van der Waals surface area contributed by atoms with E-state index < -0.39 is 12.2 Å². The summed E-state index contributed by atoms with van der Waals surface area (Å²) in [5.41, 5.74) is 0. The molecule has 0 aliphatic rings. The highest BCUT2D eigenvalue weighted by molar-refractivity contribution is 5.67. The number of rotatable bonds is 12. The average Bonchev–Trinajstić information content (AvgIpc) is 2.49. The van der Waals surface area contributed by atoms with Gasteiger partial charge in [0.15, 0.2) is 0 Å². The fourth-order valence-electron chi connectivity index (χ4n) is 1.30. The van der Waals surface area contributed by atoms with Crippen molar-refractivity contribution in [3.05, 3.63) is 25.3 Å². The van der Waals surface area contributed by atoms with Gasteiger partial charge < -0.3 is 25.4 Å². The van der Waals surface area contributed by atoms with Crippen LogP contribution in [0.3, 0.4) is 0 Å². The fraction of sp³-hybridized carbons (Fsp3) is 0.571. The molecule has 0 rings (SSSR count). The fourth-order valence-corrected chi connectivity index (χ4v) is 1.30. The maximum Gasteiger partial charge on any atom is 0.407 e. The molecule has 0 fully saturated rings. The molecule has 0 heterocycles. The monoisotopic (exact) mass is 299 g/mol. The number of ether oxygens (including phenoxy) is 2. The van der Waals surface area contributed by atoms with E-state index in [9.17, 15) is 9.59 Å². The van der Waals surface area contributed by atoms with Crippen molar-refractivity contribution in [2.45, 2.75) is 12.8 Å². The molecule has 0 atom stereocenters. The highest BCUT2D eigenvalue weighted by Crippen LogP contribution is 1.82. The van der Waals surface area contributed by atoms with Crippen molar-refractivity contribution < 1.29 is 19.1 Å². The quantitative estimate of drug-likeness (QED) is 0.372. The molecule has 0 spiro atoms. The van der Waals surface area contributed by atoms with E-state index >= 15 is 0 Å². The summed E-state index contributed by atoms with van der Waals surface area (Å²) >= 11 is 0. The number of amides is 2. The van der Waals surface area contributed by atoms with Crippen LogP contribution in [0, 0.1) is 0 Å². The van der Waals surface area contributed by atoms with Crippen molar-refractivity contribution in [2.75, 3.05) is 39.4 Å². The molecular weight excluding hydrogens is 274 g/mol. The summed E-state index contributed by atoms with van der Waals surface area (Å²) in [7, 11) is 0. The summed E-state index contributed by atoms with van der Waals surface area (Å²) in [4.78, 5) is 22.1. The Bertz CT molecular complexity index is 291. The largest absolute Gasteiger partial charge is 0.445 e. The molecule has 7 nitrogen and oxygen atoms in total. The van der Waals surface area contributed by atoms with Gasteiger partial charge in [0.2, 0.25) is 0 Å². The minimum absolute atomic E-state index is 0.215.